The van der Waals surface area contributed by atoms with Crippen LogP contribution in [0.15, 0.2) is 47.3 Å². The maximum atomic E-state index is 5.16. The van der Waals surface area contributed by atoms with Crippen LogP contribution in [-0.4, -0.2) is 16.8 Å². The van der Waals surface area contributed by atoms with Crippen LogP contribution in [0.4, 0.5) is 0 Å². The second-order valence-corrected chi connectivity index (χ2v) is 4.69. The molecule has 0 aliphatic heterocycles. The van der Waals surface area contributed by atoms with Crippen LogP contribution in [-0.2, 0) is 13.5 Å². The van der Waals surface area contributed by atoms with Crippen molar-refractivity contribution in [1.82, 2.24) is 15.1 Å². The monoisotopic (exact) mass is 255 g/mol. The number of furan rings is 1. The standard InChI is InChI=1S/C15H17N3O/c1-16-13(11-7-8-19-10-11)9-14-12-5-3-4-6-15(12)18(2)17-14/h3-8,10,13,16H,9H2,1-2H3. The molecule has 4 heteroatoms. The van der Waals surface area contributed by atoms with Gasteiger partial charge >= 0.3 is 0 Å². The first-order valence-electron chi connectivity index (χ1n) is 6.39. The highest BCUT2D eigenvalue weighted by molar-refractivity contribution is 5.81. The first kappa shape index (κ1) is 12.0. The molecule has 1 unspecified atom stereocenters. The molecule has 2 aromatic heterocycles. The van der Waals surface area contributed by atoms with E-state index in [-0.39, 0.29) is 6.04 Å². The Kier molecular flexibility index (Phi) is 3.09. The van der Waals surface area contributed by atoms with Gasteiger partial charge in [0, 0.05) is 30.5 Å². The van der Waals surface area contributed by atoms with Crippen LogP contribution in [0.25, 0.3) is 10.9 Å². The van der Waals surface area contributed by atoms with Crippen LogP contribution in [0.3, 0.4) is 0 Å². The summed E-state index contributed by atoms with van der Waals surface area (Å²) >= 11 is 0. The average molecular weight is 255 g/mol. The summed E-state index contributed by atoms with van der Waals surface area (Å²) in [5.74, 6) is 0. The zero-order chi connectivity index (χ0) is 13.2. The fourth-order valence-corrected chi connectivity index (χ4v) is 2.49. The zero-order valence-corrected chi connectivity index (χ0v) is 11.1. The fourth-order valence-electron chi connectivity index (χ4n) is 2.49. The van der Waals surface area contributed by atoms with E-state index in [0.29, 0.717) is 0 Å². The molecule has 3 aromatic rings. The number of benzene rings is 1. The Bertz CT molecular complexity index is 670. The van der Waals surface area contributed by atoms with E-state index in [1.165, 1.54) is 10.9 Å². The van der Waals surface area contributed by atoms with E-state index in [1.54, 1.807) is 12.5 Å². The van der Waals surface area contributed by atoms with Crippen molar-refractivity contribution < 1.29 is 4.42 Å². The largest absolute Gasteiger partial charge is 0.472 e. The molecule has 2 heterocycles. The highest BCUT2D eigenvalue weighted by atomic mass is 16.3. The molecule has 98 valence electrons. The van der Waals surface area contributed by atoms with Gasteiger partial charge in [-0.05, 0) is 19.2 Å². The molecule has 0 fully saturated rings. The Morgan fingerprint density at radius 3 is 2.89 bits per heavy atom. The number of aromatic nitrogens is 2. The molecule has 1 atom stereocenters. The van der Waals surface area contributed by atoms with Gasteiger partial charge in [0.05, 0.1) is 23.7 Å². The molecule has 0 saturated carbocycles. The summed E-state index contributed by atoms with van der Waals surface area (Å²) in [6.07, 6.45) is 4.33. The van der Waals surface area contributed by atoms with Crippen molar-refractivity contribution in [3.63, 3.8) is 0 Å². The van der Waals surface area contributed by atoms with Crippen molar-refractivity contribution in [3.8, 4) is 0 Å². The molecular formula is C15H17N3O. The van der Waals surface area contributed by atoms with Gasteiger partial charge in [0.2, 0.25) is 0 Å². The third-order valence-electron chi connectivity index (χ3n) is 3.53. The van der Waals surface area contributed by atoms with Gasteiger partial charge in [-0.1, -0.05) is 18.2 Å². The van der Waals surface area contributed by atoms with Crippen molar-refractivity contribution >= 4 is 10.9 Å². The van der Waals surface area contributed by atoms with E-state index in [4.69, 9.17) is 4.42 Å². The first-order chi connectivity index (χ1) is 9.29. The van der Waals surface area contributed by atoms with Gasteiger partial charge in [0.15, 0.2) is 0 Å². The normalized spacial score (nSPS) is 12.9. The minimum Gasteiger partial charge on any atom is -0.472 e. The van der Waals surface area contributed by atoms with Gasteiger partial charge in [0.1, 0.15) is 0 Å². The SMILES string of the molecule is CNC(Cc1nn(C)c2ccccc12)c1ccoc1. The van der Waals surface area contributed by atoms with Crippen molar-refractivity contribution in [2.75, 3.05) is 7.05 Å². The summed E-state index contributed by atoms with van der Waals surface area (Å²) in [5.41, 5.74) is 3.43. The number of likely N-dealkylation sites (N-methyl/N-ethyl adjacent to an activating group) is 1. The third-order valence-corrected chi connectivity index (χ3v) is 3.53. The highest BCUT2D eigenvalue weighted by Crippen LogP contribution is 2.23. The first-order valence-corrected chi connectivity index (χ1v) is 6.39. The average Bonchev–Trinajstić information content (AvgIpc) is 3.06. The van der Waals surface area contributed by atoms with E-state index in [9.17, 15) is 0 Å². The quantitative estimate of drug-likeness (QED) is 0.779. The van der Waals surface area contributed by atoms with Crippen molar-refractivity contribution in [2.45, 2.75) is 12.5 Å². The van der Waals surface area contributed by atoms with E-state index in [2.05, 4.69) is 28.6 Å². The Morgan fingerprint density at radius 2 is 2.16 bits per heavy atom. The van der Waals surface area contributed by atoms with Crippen LogP contribution in [0.2, 0.25) is 0 Å². The maximum Gasteiger partial charge on any atom is 0.0950 e. The predicted octanol–water partition coefficient (Wildman–Crippen LogP) is 2.67. The minimum absolute atomic E-state index is 0.219. The topological polar surface area (TPSA) is 43.0 Å². The van der Waals surface area contributed by atoms with Gasteiger partial charge in [-0.2, -0.15) is 5.10 Å². The Morgan fingerprint density at radius 1 is 1.32 bits per heavy atom. The van der Waals surface area contributed by atoms with Gasteiger partial charge < -0.3 is 9.73 Å². The van der Waals surface area contributed by atoms with Gasteiger partial charge in [-0.15, -0.1) is 0 Å². The van der Waals surface area contributed by atoms with Crippen LogP contribution in [0, 0.1) is 0 Å². The van der Waals surface area contributed by atoms with Crippen molar-refractivity contribution in [3.05, 3.63) is 54.1 Å². The lowest BCUT2D eigenvalue weighted by Crippen LogP contribution is -2.18. The summed E-state index contributed by atoms with van der Waals surface area (Å²) in [6.45, 7) is 0. The van der Waals surface area contributed by atoms with E-state index in [0.717, 1.165) is 17.7 Å². The Balaban J connectivity index is 1.97. The lowest BCUT2D eigenvalue weighted by Gasteiger charge is -2.12. The molecule has 0 aliphatic carbocycles. The van der Waals surface area contributed by atoms with Crippen molar-refractivity contribution in [2.24, 2.45) is 7.05 Å². The second kappa shape index (κ2) is 4.90. The Hall–Kier alpha value is -2.07. The molecule has 1 aromatic carbocycles. The number of hydrogen-bond donors (Lipinski definition) is 1. The van der Waals surface area contributed by atoms with Crippen LogP contribution in [0.5, 0.6) is 0 Å². The molecule has 3 rings (SSSR count). The molecule has 0 bridgehead atoms. The minimum atomic E-state index is 0.219. The molecule has 0 aliphatic rings. The van der Waals surface area contributed by atoms with Crippen LogP contribution in [0.1, 0.15) is 17.3 Å². The highest BCUT2D eigenvalue weighted by Gasteiger charge is 2.16. The molecular weight excluding hydrogens is 238 g/mol. The summed E-state index contributed by atoms with van der Waals surface area (Å²) in [6, 6.07) is 10.5. The number of para-hydroxylation sites is 1. The summed E-state index contributed by atoms with van der Waals surface area (Å²) in [5, 5.41) is 9.17. The summed E-state index contributed by atoms with van der Waals surface area (Å²) < 4.78 is 7.10. The predicted molar refractivity (Wildman–Crippen MR) is 74.9 cm³/mol. The smallest absolute Gasteiger partial charge is 0.0950 e. The molecule has 0 spiro atoms. The van der Waals surface area contributed by atoms with E-state index < -0.39 is 0 Å². The number of hydrogen-bond acceptors (Lipinski definition) is 3. The number of nitrogens with one attached hydrogen (secondary N) is 1. The molecule has 0 amide bonds. The van der Waals surface area contributed by atoms with E-state index in [1.807, 2.05) is 30.9 Å². The Labute approximate surface area is 112 Å². The molecule has 0 radical (unpaired) electrons. The van der Waals surface area contributed by atoms with Gasteiger partial charge in [0.25, 0.3) is 0 Å². The maximum absolute atomic E-state index is 5.16. The number of nitrogens with zero attached hydrogens (tertiary/aromatic N) is 2. The zero-order valence-electron chi connectivity index (χ0n) is 11.1. The molecule has 4 nitrogen and oxygen atoms in total. The second-order valence-electron chi connectivity index (χ2n) is 4.69. The summed E-state index contributed by atoms with van der Waals surface area (Å²) in [7, 11) is 3.95. The van der Waals surface area contributed by atoms with E-state index >= 15 is 0 Å². The molecule has 19 heavy (non-hydrogen) atoms. The van der Waals surface area contributed by atoms with Crippen LogP contribution < -0.4 is 5.32 Å². The molecule has 0 saturated heterocycles. The van der Waals surface area contributed by atoms with Crippen molar-refractivity contribution in [1.29, 1.82) is 0 Å². The number of aryl methyl sites for hydroxylation is 1. The van der Waals surface area contributed by atoms with Gasteiger partial charge in [-0.3, -0.25) is 4.68 Å². The number of fused-ring (bicyclic) bond motifs is 1. The fraction of sp³-hybridized carbons (Fsp3) is 0.267. The molecule has 1 N–H and O–H groups in total. The van der Waals surface area contributed by atoms with Gasteiger partial charge in [-0.25, -0.2) is 0 Å². The summed E-state index contributed by atoms with van der Waals surface area (Å²) in [4.78, 5) is 0. The lowest BCUT2D eigenvalue weighted by molar-refractivity contribution is 0.539. The number of rotatable bonds is 4. The third kappa shape index (κ3) is 2.15. The van der Waals surface area contributed by atoms with Crippen LogP contribution >= 0.6 is 0 Å². The lowest BCUT2D eigenvalue weighted by atomic mass is 10.0.